The van der Waals surface area contributed by atoms with E-state index in [1.807, 2.05) is 0 Å². The number of ether oxygens (including phenoxy) is 1. The number of methoxy groups -OCH3 is 1. The van der Waals surface area contributed by atoms with Gasteiger partial charge in [0.05, 0.1) is 23.9 Å². The molecule has 0 heterocycles. The van der Waals surface area contributed by atoms with Crippen LogP contribution in [0.15, 0.2) is 0 Å². The van der Waals surface area contributed by atoms with Gasteiger partial charge in [-0.25, -0.2) is 0 Å². The highest BCUT2D eigenvalue weighted by Crippen LogP contribution is 2.33. The van der Waals surface area contributed by atoms with Crippen molar-refractivity contribution in [3.8, 4) is 0 Å². The third kappa shape index (κ3) is 5.24. The highest BCUT2D eigenvalue weighted by Gasteiger charge is 2.35. The predicted molar refractivity (Wildman–Crippen MR) is 95.1 cm³/mol. The number of amides is 1. The van der Waals surface area contributed by atoms with E-state index >= 15 is 0 Å². The van der Waals surface area contributed by atoms with E-state index in [4.69, 9.17) is 28.9 Å². The summed E-state index contributed by atoms with van der Waals surface area (Å²) in [7, 11) is 1.35. The van der Waals surface area contributed by atoms with Gasteiger partial charge in [-0.15, -0.1) is 23.2 Å². The number of halogens is 2. The van der Waals surface area contributed by atoms with Gasteiger partial charge in [0.15, 0.2) is 0 Å². The first-order valence-corrected chi connectivity index (χ1v) is 9.71. The summed E-state index contributed by atoms with van der Waals surface area (Å²) in [6.07, 6.45) is 6.87. The average Bonchev–Trinajstić information content (AvgIpc) is 2.58. The average molecular weight is 379 g/mol. The topological polar surface area (TPSA) is 81.4 Å². The lowest BCUT2D eigenvalue weighted by Gasteiger charge is -2.35. The second-order valence-electron chi connectivity index (χ2n) is 7.08. The van der Waals surface area contributed by atoms with Crippen molar-refractivity contribution in [1.29, 1.82) is 0 Å². The summed E-state index contributed by atoms with van der Waals surface area (Å²) in [6.45, 7) is 0. The maximum atomic E-state index is 12.5. The van der Waals surface area contributed by atoms with Crippen molar-refractivity contribution in [1.82, 2.24) is 5.32 Å². The highest BCUT2D eigenvalue weighted by atomic mass is 35.5. The predicted octanol–water partition coefficient (Wildman–Crippen LogP) is 2.57. The lowest BCUT2D eigenvalue weighted by molar-refractivity contribution is -0.142. The molecule has 0 saturated heterocycles. The SMILES string of the molecule is COC(=O)[C@@H](N)CC1CCC(C(=O)NC2C(Cl)CCCC2Cl)CC1. The summed E-state index contributed by atoms with van der Waals surface area (Å²) in [6, 6.07) is -0.707. The lowest BCUT2D eigenvalue weighted by Crippen LogP contribution is -2.51. The van der Waals surface area contributed by atoms with Crippen molar-refractivity contribution in [2.75, 3.05) is 7.11 Å². The van der Waals surface area contributed by atoms with Gasteiger partial charge >= 0.3 is 5.97 Å². The van der Waals surface area contributed by atoms with Crippen LogP contribution in [-0.4, -0.2) is 41.8 Å². The van der Waals surface area contributed by atoms with E-state index in [-0.39, 0.29) is 34.6 Å². The Kier molecular flexibility index (Phi) is 7.63. The first-order chi connectivity index (χ1) is 11.4. The van der Waals surface area contributed by atoms with Crippen LogP contribution < -0.4 is 11.1 Å². The molecule has 2 rings (SSSR count). The van der Waals surface area contributed by atoms with Crippen molar-refractivity contribution in [2.24, 2.45) is 17.6 Å². The summed E-state index contributed by atoms with van der Waals surface area (Å²) >= 11 is 12.7. The Bertz CT molecular complexity index is 432. The Morgan fingerprint density at radius 2 is 1.71 bits per heavy atom. The Hall–Kier alpha value is -0.520. The third-order valence-electron chi connectivity index (χ3n) is 5.36. The fourth-order valence-corrected chi connectivity index (χ4v) is 4.68. The molecule has 138 valence electrons. The first kappa shape index (κ1) is 19.8. The molecule has 0 radical (unpaired) electrons. The maximum absolute atomic E-state index is 12.5. The standard InChI is InChI=1S/C17H28Cl2N2O3/c1-24-17(23)14(20)9-10-5-7-11(8-6-10)16(22)21-15-12(18)3-2-4-13(15)19/h10-15H,2-9,20H2,1H3,(H,21,22)/t10?,11?,12?,13?,14-,15?/m0/s1. The van der Waals surface area contributed by atoms with E-state index in [1.165, 1.54) is 7.11 Å². The molecule has 2 saturated carbocycles. The summed E-state index contributed by atoms with van der Waals surface area (Å²) in [5.41, 5.74) is 5.82. The number of hydrogen-bond donors (Lipinski definition) is 2. The molecule has 5 nitrogen and oxygen atoms in total. The van der Waals surface area contributed by atoms with E-state index in [9.17, 15) is 9.59 Å². The molecule has 0 spiro atoms. The zero-order valence-corrected chi connectivity index (χ0v) is 15.7. The summed E-state index contributed by atoms with van der Waals surface area (Å²) in [4.78, 5) is 23.9. The van der Waals surface area contributed by atoms with E-state index in [1.54, 1.807) is 0 Å². The van der Waals surface area contributed by atoms with E-state index in [0.717, 1.165) is 44.9 Å². The molecular weight excluding hydrogens is 351 g/mol. The smallest absolute Gasteiger partial charge is 0.322 e. The maximum Gasteiger partial charge on any atom is 0.322 e. The van der Waals surface area contributed by atoms with Crippen LogP contribution in [0, 0.1) is 11.8 Å². The molecule has 0 aromatic rings. The van der Waals surface area contributed by atoms with Crippen LogP contribution >= 0.6 is 23.2 Å². The number of nitrogens with two attached hydrogens (primary N) is 1. The van der Waals surface area contributed by atoms with E-state index in [0.29, 0.717) is 12.3 Å². The number of carbonyl (C=O) groups excluding carboxylic acids is 2. The molecule has 3 atom stereocenters. The first-order valence-electron chi connectivity index (χ1n) is 8.84. The van der Waals surface area contributed by atoms with Gasteiger partial charge in [0, 0.05) is 5.92 Å². The normalized spacial score (nSPS) is 35.1. The van der Waals surface area contributed by atoms with Gasteiger partial charge in [0.2, 0.25) is 5.91 Å². The van der Waals surface area contributed by atoms with E-state index in [2.05, 4.69) is 10.1 Å². The summed E-state index contributed by atoms with van der Waals surface area (Å²) < 4.78 is 4.66. The molecule has 1 amide bonds. The van der Waals surface area contributed by atoms with Gasteiger partial charge in [-0.1, -0.05) is 6.42 Å². The van der Waals surface area contributed by atoms with Crippen molar-refractivity contribution in [3.63, 3.8) is 0 Å². The van der Waals surface area contributed by atoms with Gasteiger partial charge in [0.25, 0.3) is 0 Å². The largest absolute Gasteiger partial charge is 0.468 e. The van der Waals surface area contributed by atoms with Crippen LogP contribution in [0.4, 0.5) is 0 Å². The molecule has 3 N–H and O–H groups in total. The van der Waals surface area contributed by atoms with Crippen molar-refractivity contribution >= 4 is 35.1 Å². The zero-order chi connectivity index (χ0) is 17.7. The van der Waals surface area contributed by atoms with Crippen LogP contribution in [0.2, 0.25) is 0 Å². The molecule has 0 bridgehead atoms. The molecule has 2 fully saturated rings. The Balaban J connectivity index is 1.77. The van der Waals surface area contributed by atoms with Gasteiger partial charge in [-0.05, 0) is 50.9 Å². The summed E-state index contributed by atoms with van der Waals surface area (Å²) in [5.74, 6) is 0.0760. The van der Waals surface area contributed by atoms with Crippen LogP contribution in [0.1, 0.15) is 51.4 Å². The molecule has 0 aromatic heterocycles. The minimum Gasteiger partial charge on any atom is -0.468 e. The quantitative estimate of drug-likeness (QED) is 0.568. The van der Waals surface area contributed by atoms with Gasteiger partial charge in [-0.3, -0.25) is 9.59 Å². The number of esters is 1. The minimum absolute atomic E-state index is 0.00487. The molecule has 2 aliphatic rings. The van der Waals surface area contributed by atoms with Gasteiger partial charge < -0.3 is 15.8 Å². The fraction of sp³-hybridized carbons (Fsp3) is 0.882. The Morgan fingerprint density at radius 1 is 1.12 bits per heavy atom. The van der Waals surface area contributed by atoms with Gasteiger partial charge in [-0.2, -0.15) is 0 Å². The summed E-state index contributed by atoms with van der Waals surface area (Å²) in [5, 5.41) is 2.90. The molecule has 0 aliphatic heterocycles. The van der Waals surface area contributed by atoms with E-state index < -0.39 is 6.04 Å². The number of rotatable bonds is 5. The molecular formula is C17H28Cl2N2O3. The molecule has 24 heavy (non-hydrogen) atoms. The zero-order valence-electron chi connectivity index (χ0n) is 14.2. The van der Waals surface area contributed by atoms with Crippen LogP contribution in [0.25, 0.3) is 0 Å². The van der Waals surface area contributed by atoms with Crippen molar-refractivity contribution < 1.29 is 14.3 Å². The second kappa shape index (κ2) is 9.25. The minimum atomic E-state index is -0.568. The van der Waals surface area contributed by atoms with Crippen LogP contribution in [0.3, 0.4) is 0 Å². The monoisotopic (exact) mass is 378 g/mol. The molecule has 2 aliphatic carbocycles. The number of carbonyl (C=O) groups is 2. The fourth-order valence-electron chi connectivity index (χ4n) is 3.82. The molecule has 7 heteroatoms. The van der Waals surface area contributed by atoms with Crippen molar-refractivity contribution in [3.05, 3.63) is 0 Å². The number of hydrogen-bond acceptors (Lipinski definition) is 4. The lowest BCUT2D eigenvalue weighted by atomic mass is 9.78. The number of nitrogens with one attached hydrogen (secondary N) is 1. The Labute approximate surface area is 153 Å². The molecule has 0 aromatic carbocycles. The van der Waals surface area contributed by atoms with Gasteiger partial charge in [0.1, 0.15) is 6.04 Å². The van der Waals surface area contributed by atoms with Crippen LogP contribution in [0.5, 0.6) is 0 Å². The van der Waals surface area contributed by atoms with Crippen LogP contribution in [-0.2, 0) is 14.3 Å². The highest BCUT2D eigenvalue weighted by molar-refractivity contribution is 6.25. The third-order valence-corrected chi connectivity index (χ3v) is 6.34. The molecule has 2 unspecified atom stereocenters. The van der Waals surface area contributed by atoms with Crippen molar-refractivity contribution in [2.45, 2.75) is 74.2 Å². The Morgan fingerprint density at radius 3 is 2.25 bits per heavy atom. The number of alkyl halides is 2. The second-order valence-corrected chi connectivity index (χ2v) is 8.20.